The van der Waals surface area contributed by atoms with E-state index in [1.807, 2.05) is 80.8 Å². The van der Waals surface area contributed by atoms with Gasteiger partial charge in [-0.05, 0) is 23.3 Å². The minimum Gasteiger partial charge on any atom is -0.489 e. The van der Waals surface area contributed by atoms with E-state index in [9.17, 15) is 15.0 Å². The molecular formula is C30H32N4O4. The molecule has 196 valence electrons. The molecule has 8 heteroatoms. The second kappa shape index (κ2) is 12.8. The van der Waals surface area contributed by atoms with E-state index in [2.05, 4.69) is 9.97 Å². The maximum atomic E-state index is 13.7. The average Bonchev–Trinajstić information content (AvgIpc) is 2.96. The number of aromatic nitrogens is 2. The first-order valence-corrected chi connectivity index (χ1v) is 12.4. The maximum Gasteiger partial charge on any atom is 0.257 e. The summed E-state index contributed by atoms with van der Waals surface area (Å²) in [6, 6.07) is 26.4. The maximum absolute atomic E-state index is 13.7. The van der Waals surface area contributed by atoms with Gasteiger partial charge >= 0.3 is 0 Å². The Hall–Kier alpha value is -4.27. The van der Waals surface area contributed by atoms with Crippen molar-refractivity contribution in [3.63, 3.8) is 0 Å². The van der Waals surface area contributed by atoms with Crippen LogP contribution in [0.15, 0.2) is 91.1 Å². The van der Waals surface area contributed by atoms with Gasteiger partial charge in [0.1, 0.15) is 12.4 Å². The molecule has 0 radical (unpaired) electrons. The molecule has 1 unspecified atom stereocenters. The monoisotopic (exact) mass is 512 g/mol. The van der Waals surface area contributed by atoms with Gasteiger partial charge in [-0.25, -0.2) is 9.97 Å². The Bertz CT molecular complexity index is 1330. The number of amides is 1. The van der Waals surface area contributed by atoms with Gasteiger partial charge in [0.15, 0.2) is 0 Å². The number of benzene rings is 3. The van der Waals surface area contributed by atoms with Crippen LogP contribution in [0.1, 0.15) is 27.6 Å². The summed E-state index contributed by atoms with van der Waals surface area (Å²) in [7, 11) is 3.66. The summed E-state index contributed by atoms with van der Waals surface area (Å²) in [5.74, 6) is 0.713. The predicted octanol–water partition coefficient (Wildman–Crippen LogP) is 3.96. The number of hydrogen-bond donors (Lipinski definition) is 2. The molecule has 0 saturated carbocycles. The summed E-state index contributed by atoms with van der Waals surface area (Å²) in [4.78, 5) is 25.8. The van der Waals surface area contributed by atoms with Crippen molar-refractivity contribution < 1.29 is 19.7 Å². The van der Waals surface area contributed by atoms with E-state index in [1.54, 1.807) is 23.1 Å². The van der Waals surface area contributed by atoms with Gasteiger partial charge in [-0.3, -0.25) is 4.79 Å². The number of rotatable bonds is 11. The fourth-order valence-corrected chi connectivity index (χ4v) is 3.99. The molecule has 3 aromatic carbocycles. The first-order valence-electron chi connectivity index (χ1n) is 12.4. The topological polar surface area (TPSA) is 99.0 Å². The van der Waals surface area contributed by atoms with E-state index in [-0.39, 0.29) is 25.6 Å². The molecule has 4 rings (SSSR count). The van der Waals surface area contributed by atoms with Crippen LogP contribution in [0.2, 0.25) is 0 Å². The van der Waals surface area contributed by atoms with Crippen LogP contribution in [0.3, 0.4) is 0 Å². The highest BCUT2D eigenvalue weighted by Crippen LogP contribution is 2.26. The van der Waals surface area contributed by atoms with Crippen LogP contribution >= 0.6 is 0 Å². The third kappa shape index (κ3) is 6.73. The molecule has 0 aliphatic heterocycles. The first kappa shape index (κ1) is 26.8. The molecule has 2 N–H and O–H groups in total. The summed E-state index contributed by atoms with van der Waals surface area (Å²) in [6.07, 6.45) is 0.509. The Labute approximate surface area is 222 Å². The Morgan fingerprint density at radius 2 is 1.68 bits per heavy atom. The van der Waals surface area contributed by atoms with Crippen molar-refractivity contribution in [3.8, 4) is 17.0 Å². The van der Waals surface area contributed by atoms with Crippen LogP contribution in [0.4, 0.5) is 5.95 Å². The molecule has 0 aliphatic rings. The van der Waals surface area contributed by atoms with Gasteiger partial charge in [0.25, 0.3) is 5.91 Å². The highest BCUT2D eigenvalue weighted by atomic mass is 16.5. The second-order valence-electron chi connectivity index (χ2n) is 9.03. The zero-order valence-corrected chi connectivity index (χ0v) is 21.6. The van der Waals surface area contributed by atoms with Crippen LogP contribution in [0.25, 0.3) is 11.3 Å². The van der Waals surface area contributed by atoms with E-state index < -0.39 is 6.10 Å². The van der Waals surface area contributed by atoms with Gasteiger partial charge in [0.05, 0.1) is 30.5 Å². The van der Waals surface area contributed by atoms with Gasteiger partial charge < -0.3 is 24.7 Å². The van der Waals surface area contributed by atoms with Crippen molar-refractivity contribution in [2.75, 3.05) is 38.7 Å². The smallest absolute Gasteiger partial charge is 0.257 e. The first-order chi connectivity index (χ1) is 18.5. The molecule has 0 bridgehead atoms. The van der Waals surface area contributed by atoms with Crippen molar-refractivity contribution in [2.45, 2.75) is 12.7 Å². The predicted molar refractivity (Wildman–Crippen MR) is 147 cm³/mol. The number of ether oxygens (including phenoxy) is 1. The van der Waals surface area contributed by atoms with Crippen LogP contribution < -0.4 is 9.64 Å². The summed E-state index contributed by atoms with van der Waals surface area (Å²) in [6.45, 7) is 0.172. The Balaban J connectivity index is 1.55. The Kier molecular flexibility index (Phi) is 9.02. The number of carbonyl (C=O) groups excluding carboxylic acids is 1. The molecule has 8 nitrogen and oxygen atoms in total. The molecule has 0 spiro atoms. The summed E-state index contributed by atoms with van der Waals surface area (Å²) in [5.41, 5.74) is 3.20. The number of nitrogens with zero attached hydrogens (tertiary/aromatic N) is 4. The molecule has 0 aliphatic carbocycles. The minimum atomic E-state index is -0.993. The van der Waals surface area contributed by atoms with E-state index in [0.29, 0.717) is 35.1 Å². The van der Waals surface area contributed by atoms with Crippen molar-refractivity contribution in [3.05, 3.63) is 108 Å². The van der Waals surface area contributed by atoms with Crippen molar-refractivity contribution in [2.24, 2.45) is 0 Å². The van der Waals surface area contributed by atoms with E-state index in [4.69, 9.17) is 4.74 Å². The summed E-state index contributed by atoms with van der Waals surface area (Å²) in [5, 5.41) is 20.8. The van der Waals surface area contributed by atoms with Crippen LogP contribution in [0, 0.1) is 0 Å². The lowest BCUT2D eigenvalue weighted by Crippen LogP contribution is -2.37. The van der Waals surface area contributed by atoms with Crippen molar-refractivity contribution >= 4 is 11.9 Å². The van der Waals surface area contributed by atoms with Crippen LogP contribution in [-0.4, -0.2) is 64.8 Å². The molecule has 1 atom stereocenters. The van der Waals surface area contributed by atoms with E-state index in [0.717, 1.165) is 11.1 Å². The van der Waals surface area contributed by atoms with Gasteiger partial charge in [-0.1, -0.05) is 72.8 Å². The number of aliphatic hydroxyl groups excluding tert-OH is 2. The normalized spacial score (nSPS) is 11.6. The largest absolute Gasteiger partial charge is 0.489 e. The highest BCUT2D eigenvalue weighted by molar-refractivity contribution is 5.99. The molecular weight excluding hydrogens is 480 g/mol. The van der Waals surface area contributed by atoms with Crippen molar-refractivity contribution in [1.29, 1.82) is 0 Å². The minimum absolute atomic E-state index is 0.0226. The standard InChI is InChI=1S/C30H32N4O4/c1-33(2)30-31-19-26(28(32-30)23-12-7-4-8-13-23)29(37)34(16-17-35)20-27(36)24-14-9-15-25(18-24)38-21-22-10-5-3-6-11-22/h3-15,18-19,27,35-36H,16-17,20-21H2,1-2H3. The fraction of sp³-hybridized carbons (Fsp3) is 0.233. The van der Waals surface area contributed by atoms with E-state index in [1.165, 1.54) is 11.1 Å². The van der Waals surface area contributed by atoms with Gasteiger partial charge in [-0.2, -0.15) is 0 Å². The molecule has 0 fully saturated rings. The molecule has 0 saturated heterocycles. The Morgan fingerprint density at radius 1 is 0.974 bits per heavy atom. The average molecular weight is 513 g/mol. The lowest BCUT2D eigenvalue weighted by molar-refractivity contribution is 0.0577. The van der Waals surface area contributed by atoms with Gasteiger partial charge in [0.2, 0.25) is 5.95 Å². The SMILES string of the molecule is CN(C)c1ncc(C(=O)N(CCO)CC(O)c2cccc(OCc3ccccc3)c2)c(-c2ccccc2)n1. The van der Waals surface area contributed by atoms with E-state index >= 15 is 0 Å². The molecule has 1 heterocycles. The third-order valence-electron chi connectivity index (χ3n) is 6.00. The quantitative estimate of drug-likeness (QED) is 0.314. The zero-order chi connectivity index (χ0) is 26.9. The lowest BCUT2D eigenvalue weighted by atomic mass is 10.0. The van der Waals surface area contributed by atoms with Crippen LogP contribution in [0.5, 0.6) is 5.75 Å². The molecule has 38 heavy (non-hydrogen) atoms. The zero-order valence-electron chi connectivity index (χ0n) is 21.6. The lowest BCUT2D eigenvalue weighted by Gasteiger charge is -2.26. The molecule has 1 aromatic heterocycles. The van der Waals surface area contributed by atoms with Gasteiger partial charge in [0, 0.05) is 32.4 Å². The van der Waals surface area contributed by atoms with Gasteiger partial charge in [-0.15, -0.1) is 0 Å². The number of aliphatic hydroxyl groups is 2. The number of hydrogen-bond acceptors (Lipinski definition) is 7. The van der Waals surface area contributed by atoms with Crippen LogP contribution in [-0.2, 0) is 6.61 Å². The third-order valence-corrected chi connectivity index (χ3v) is 6.00. The summed E-state index contributed by atoms with van der Waals surface area (Å²) >= 11 is 0. The fourth-order valence-electron chi connectivity index (χ4n) is 3.99. The number of anilines is 1. The number of carbonyl (C=O) groups is 1. The molecule has 1 amide bonds. The second-order valence-corrected chi connectivity index (χ2v) is 9.03. The highest BCUT2D eigenvalue weighted by Gasteiger charge is 2.24. The summed E-state index contributed by atoms with van der Waals surface area (Å²) < 4.78 is 5.90. The molecule has 4 aromatic rings. The Morgan fingerprint density at radius 3 is 2.37 bits per heavy atom. The van der Waals surface area contributed by atoms with Crippen molar-refractivity contribution in [1.82, 2.24) is 14.9 Å².